The fraction of sp³-hybridized carbons (Fsp3) is 0.312. The van der Waals surface area contributed by atoms with Crippen LogP contribution in [0.4, 0.5) is 0 Å². The Morgan fingerprint density at radius 1 is 1.29 bits per heavy atom. The molecule has 21 heavy (non-hydrogen) atoms. The van der Waals surface area contributed by atoms with Crippen molar-refractivity contribution in [2.45, 2.75) is 33.1 Å². The number of ketones is 1. The molecule has 2 heterocycles. The Labute approximate surface area is 127 Å². The highest BCUT2D eigenvalue weighted by Gasteiger charge is 2.28. The lowest BCUT2D eigenvalue weighted by molar-refractivity contribution is 0.101. The average molecular weight is 300 g/mol. The van der Waals surface area contributed by atoms with Crippen molar-refractivity contribution in [3.63, 3.8) is 0 Å². The van der Waals surface area contributed by atoms with E-state index in [4.69, 9.17) is 4.42 Å². The van der Waals surface area contributed by atoms with Gasteiger partial charge in [-0.2, -0.15) is 0 Å². The van der Waals surface area contributed by atoms with Crippen molar-refractivity contribution in [2.24, 2.45) is 0 Å². The maximum Gasteiger partial charge on any atom is 0.241 e. The van der Waals surface area contributed by atoms with E-state index in [1.807, 2.05) is 45.9 Å². The molecule has 0 saturated carbocycles. The minimum Gasteiger partial charge on any atom is -0.452 e. The summed E-state index contributed by atoms with van der Waals surface area (Å²) >= 11 is 1.12. The van der Waals surface area contributed by atoms with E-state index >= 15 is 0 Å². The van der Waals surface area contributed by atoms with Gasteiger partial charge in [0.15, 0.2) is 5.76 Å². The zero-order valence-electron chi connectivity index (χ0n) is 12.4. The zero-order valence-corrected chi connectivity index (χ0v) is 13.2. The van der Waals surface area contributed by atoms with Crippen LogP contribution in [-0.2, 0) is 5.41 Å². The van der Waals surface area contributed by atoms with Gasteiger partial charge >= 0.3 is 0 Å². The molecule has 0 aliphatic heterocycles. The normalized spacial score (nSPS) is 12.0. The molecule has 4 nitrogen and oxygen atoms in total. The smallest absolute Gasteiger partial charge is 0.241 e. The van der Waals surface area contributed by atoms with Crippen LogP contribution in [0.25, 0.3) is 11.0 Å². The molecule has 0 aliphatic carbocycles. The van der Waals surface area contributed by atoms with Crippen molar-refractivity contribution in [3.05, 3.63) is 46.2 Å². The fourth-order valence-electron chi connectivity index (χ4n) is 2.26. The van der Waals surface area contributed by atoms with Gasteiger partial charge in [-0.05, 0) is 30.1 Å². The van der Waals surface area contributed by atoms with Gasteiger partial charge in [-0.3, -0.25) is 4.79 Å². The number of carbonyl (C=O) groups is 1. The van der Waals surface area contributed by atoms with Crippen molar-refractivity contribution >= 4 is 28.3 Å². The summed E-state index contributed by atoms with van der Waals surface area (Å²) in [6.45, 7) is 8.02. The molecule has 3 aromatic rings. The molecule has 0 aliphatic rings. The number of aryl methyl sites for hydroxylation is 1. The molecule has 0 unspecified atom stereocenters. The molecule has 0 bridgehead atoms. The first-order chi connectivity index (χ1) is 9.88. The Balaban J connectivity index is 2.09. The Bertz CT molecular complexity index is 824. The molecule has 0 radical (unpaired) electrons. The lowest BCUT2D eigenvalue weighted by Gasteiger charge is -2.15. The topological polar surface area (TPSA) is 56.0 Å². The highest BCUT2D eigenvalue weighted by molar-refractivity contribution is 7.08. The molecule has 0 N–H and O–H groups in total. The number of hydrogen-bond donors (Lipinski definition) is 0. The first kappa shape index (κ1) is 13.9. The number of furan rings is 1. The molecule has 0 fully saturated rings. The van der Waals surface area contributed by atoms with Crippen LogP contribution < -0.4 is 0 Å². The van der Waals surface area contributed by atoms with Crippen LogP contribution in [-0.4, -0.2) is 15.4 Å². The molecule has 0 amide bonds. The number of hydrogen-bond acceptors (Lipinski definition) is 5. The van der Waals surface area contributed by atoms with E-state index in [0.717, 1.165) is 33.8 Å². The molecule has 3 rings (SSSR count). The molecular weight excluding hydrogens is 284 g/mol. The second-order valence-electron chi connectivity index (χ2n) is 6.13. The summed E-state index contributed by atoms with van der Waals surface area (Å²) in [7, 11) is 0. The average Bonchev–Trinajstić information content (AvgIpc) is 3.04. The number of rotatable bonds is 2. The third-order valence-electron chi connectivity index (χ3n) is 3.37. The van der Waals surface area contributed by atoms with E-state index in [-0.39, 0.29) is 11.2 Å². The van der Waals surface area contributed by atoms with E-state index < -0.39 is 0 Å². The van der Waals surface area contributed by atoms with Crippen LogP contribution in [0.3, 0.4) is 0 Å². The third kappa shape index (κ3) is 2.38. The zero-order chi connectivity index (χ0) is 15.2. The van der Waals surface area contributed by atoms with Crippen molar-refractivity contribution < 1.29 is 9.21 Å². The highest BCUT2D eigenvalue weighted by Crippen LogP contribution is 2.30. The maximum absolute atomic E-state index is 12.7. The highest BCUT2D eigenvalue weighted by atomic mass is 32.1. The second kappa shape index (κ2) is 4.77. The summed E-state index contributed by atoms with van der Waals surface area (Å²) < 4.78 is 9.69. The minimum absolute atomic E-state index is 0.148. The van der Waals surface area contributed by atoms with Crippen LogP contribution in [0.15, 0.2) is 28.7 Å². The summed E-state index contributed by atoms with van der Waals surface area (Å²) in [5, 5.41) is 5.05. The number of fused-ring (bicyclic) bond motifs is 1. The first-order valence-electron chi connectivity index (χ1n) is 6.74. The molecular formula is C16H16N2O2S. The predicted molar refractivity (Wildman–Crippen MR) is 83.0 cm³/mol. The lowest BCUT2D eigenvalue weighted by atomic mass is 9.90. The van der Waals surface area contributed by atoms with E-state index in [1.54, 1.807) is 6.07 Å². The van der Waals surface area contributed by atoms with E-state index in [2.05, 4.69) is 9.59 Å². The Kier molecular flexibility index (Phi) is 3.17. The quantitative estimate of drug-likeness (QED) is 0.668. The Hall–Kier alpha value is -2.01. The molecule has 2 aromatic heterocycles. The van der Waals surface area contributed by atoms with Gasteiger partial charge in [-0.1, -0.05) is 43.5 Å². The summed E-state index contributed by atoms with van der Waals surface area (Å²) in [5.74, 6) is 0.196. The summed E-state index contributed by atoms with van der Waals surface area (Å²) in [5.41, 5.74) is 2.27. The number of carbonyl (C=O) groups excluding carboxylic acids is 1. The SMILES string of the molecule is Cc1cccc2cc(C(=O)c3snnc3C(C)(C)C)oc12. The van der Waals surface area contributed by atoms with Gasteiger partial charge < -0.3 is 4.42 Å². The van der Waals surface area contributed by atoms with Crippen LogP contribution in [0.2, 0.25) is 0 Å². The van der Waals surface area contributed by atoms with Crippen LogP contribution in [0.5, 0.6) is 0 Å². The number of aromatic nitrogens is 2. The molecule has 0 spiro atoms. The van der Waals surface area contributed by atoms with E-state index in [9.17, 15) is 4.79 Å². The fourth-order valence-corrected chi connectivity index (χ4v) is 3.08. The molecule has 5 heteroatoms. The number of para-hydroxylation sites is 1. The van der Waals surface area contributed by atoms with Gasteiger partial charge in [0.1, 0.15) is 10.5 Å². The minimum atomic E-state index is -0.222. The van der Waals surface area contributed by atoms with Crippen molar-refractivity contribution in [3.8, 4) is 0 Å². The maximum atomic E-state index is 12.7. The van der Waals surface area contributed by atoms with Crippen molar-refractivity contribution in [1.82, 2.24) is 9.59 Å². The van der Waals surface area contributed by atoms with Gasteiger partial charge in [0.05, 0.1) is 5.69 Å². The largest absolute Gasteiger partial charge is 0.452 e. The predicted octanol–water partition coefficient (Wildman–Crippen LogP) is 4.12. The van der Waals surface area contributed by atoms with Gasteiger partial charge in [-0.15, -0.1) is 5.10 Å². The van der Waals surface area contributed by atoms with Gasteiger partial charge in [0.2, 0.25) is 5.78 Å². The molecule has 0 atom stereocenters. The standard InChI is InChI=1S/C16H16N2O2S/c1-9-6-5-7-10-8-11(20-13(9)10)12(19)14-15(16(2,3)4)17-18-21-14/h5-8H,1-4H3. The lowest BCUT2D eigenvalue weighted by Crippen LogP contribution is -2.16. The van der Waals surface area contributed by atoms with Crippen molar-refractivity contribution in [2.75, 3.05) is 0 Å². The summed E-state index contributed by atoms with van der Waals surface area (Å²) in [6, 6.07) is 7.65. The first-order valence-corrected chi connectivity index (χ1v) is 7.52. The Morgan fingerprint density at radius 2 is 2.05 bits per heavy atom. The van der Waals surface area contributed by atoms with Gasteiger partial charge in [0, 0.05) is 10.8 Å². The van der Waals surface area contributed by atoms with Crippen LogP contribution in [0, 0.1) is 6.92 Å². The number of benzene rings is 1. The molecule has 0 saturated heterocycles. The van der Waals surface area contributed by atoms with Gasteiger partial charge in [-0.25, -0.2) is 0 Å². The molecule has 108 valence electrons. The number of nitrogens with zero attached hydrogens (tertiary/aromatic N) is 2. The third-order valence-corrected chi connectivity index (χ3v) is 4.09. The van der Waals surface area contributed by atoms with Crippen LogP contribution in [0.1, 0.15) is 47.5 Å². The summed E-state index contributed by atoms with van der Waals surface area (Å²) in [4.78, 5) is 13.2. The second-order valence-corrected chi connectivity index (χ2v) is 6.89. The Morgan fingerprint density at radius 3 is 2.71 bits per heavy atom. The summed E-state index contributed by atoms with van der Waals surface area (Å²) in [6.07, 6.45) is 0. The van der Waals surface area contributed by atoms with Crippen molar-refractivity contribution in [1.29, 1.82) is 0 Å². The van der Waals surface area contributed by atoms with E-state index in [1.165, 1.54) is 0 Å². The molecule has 1 aromatic carbocycles. The van der Waals surface area contributed by atoms with E-state index in [0.29, 0.717) is 10.6 Å². The van der Waals surface area contributed by atoms with Gasteiger partial charge in [0.25, 0.3) is 0 Å². The van der Waals surface area contributed by atoms with Crippen LogP contribution >= 0.6 is 11.5 Å². The monoisotopic (exact) mass is 300 g/mol.